The van der Waals surface area contributed by atoms with Gasteiger partial charge in [-0.1, -0.05) is 12.1 Å². The van der Waals surface area contributed by atoms with Crippen LogP contribution in [0, 0.1) is 5.82 Å². The molecule has 0 aliphatic carbocycles. The van der Waals surface area contributed by atoms with Gasteiger partial charge in [-0.3, -0.25) is 0 Å². The lowest BCUT2D eigenvalue weighted by molar-refractivity contribution is -0.138. The fraction of sp³-hybridized carbons (Fsp3) is 0.0769. The van der Waals surface area contributed by atoms with E-state index in [0.29, 0.717) is 0 Å². The number of rotatable bonds is 2. The molecule has 2 aromatic rings. The van der Waals surface area contributed by atoms with E-state index in [1.165, 1.54) is 24.3 Å². The Morgan fingerprint density at radius 2 is 1.63 bits per heavy atom. The minimum atomic E-state index is -4.54. The van der Waals surface area contributed by atoms with Gasteiger partial charge in [-0.2, -0.15) is 13.2 Å². The zero-order valence-corrected chi connectivity index (χ0v) is 9.54. The van der Waals surface area contributed by atoms with Crippen molar-refractivity contribution in [1.82, 2.24) is 0 Å². The molecule has 0 heterocycles. The number of hydrogen-bond donors (Lipinski definition) is 1. The van der Waals surface area contributed by atoms with Gasteiger partial charge in [0.1, 0.15) is 11.6 Å². The van der Waals surface area contributed by atoms with Gasteiger partial charge in [-0.15, -0.1) is 0 Å². The van der Waals surface area contributed by atoms with Crippen LogP contribution < -0.4 is 10.5 Å². The van der Waals surface area contributed by atoms with Crippen molar-refractivity contribution in [3.05, 3.63) is 53.8 Å². The summed E-state index contributed by atoms with van der Waals surface area (Å²) in [4.78, 5) is 0. The van der Waals surface area contributed by atoms with E-state index in [1.807, 2.05) is 0 Å². The van der Waals surface area contributed by atoms with E-state index in [1.54, 1.807) is 0 Å². The van der Waals surface area contributed by atoms with Crippen molar-refractivity contribution in [2.45, 2.75) is 6.18 Å². The van der Waals surface area contributed by atoms with Crippen LogP contribution in [-0.2, 0) is 6.18 Å². The van der Waals surface area contributed by atoms with Crippen LogP contribution in [0.15, 0.2) is 42.5 Å². The Labute approximate surface area is 106 Å². The number of alkyl halides is 3. The molecule has 0 saturated heterocycles. The minimum Gasteiger partial charge on any atom is -0.455 e. The highest BCUT2D eigenvalue weighted by molar-refractivity contribution is 5.54. The van der Waals surface area contributed by atoms with Crippen molar-refractivity contribution in [2.24, 2.45) is 0 Å². The molecule has 2 nitrogen and oxygen atoms in total. The molecule has 19 heavy (non-hydrogen) atoms. The van der Waals surface area contributed by atoms with Gasteiger partial charge in [-0.05, 0) is 24.3 Å². The maximum Gasteiger partial charge on any atom is 0.419 e. The third kappa shape index (κ3) is 2.96. The first kappa shape index (κ1) is 13.2. The highest BCUT2D eigenvalue weighted by Crippen LogP contribution is 2.38. The van der Waals surface area contributed by atoms with Gasteiger partial charge in [0.15, 0.2) is 5.75 Å². The predicted octanol–water partition coefficient (Wildman–Crippen LogP) is 4.22. The molecule has 2 N–H and O–H groups in total. The second-order valence-electron chi connectivity index (χ2n) is 3.78. The molecule has 0 spiro atoms. The number of nitrogen functional groups attached to an aromatic ring is 1. The predicted molar refractivity (Wildman–Crippen MR) is 62.3 cm³/mol. The van der Waals surface area contributed by atoms with Crippen LogP contribution in [-0.4, -0.2) is 0 Å². The Morgan fingerprint density at radius 1 is 0.947 bits per heavy atom. The summed E-state index contributed by atoms with van der Waals surface area (Å²) in [5.74, 6) is -1.000. The summed E-state index contributed by atoms with van der Waals surface area (Å²) in [5, 5.41) is 0. The van der Waals surface area contributed by atoms with E-state index >= 15 is 0 Å². The molecule has 0 atom stereocenters. The zero-order chi connectivity index (χ0) is 14.0. The lowest BCUT2D eigenvalue weighted by atomic mass is 10.2. The van der Waals surface area contributed by atoms with Crippen LogP contribution in [0.2, 0.25) is 0 Å². The molecule has 0 unspecified atom stereocenters. The van der Waals surface area contributed by atoms with E-state index in [4.69, 9.17) is 10.5 Å². The monoisotopic (exact) mass is 271 g/mol. The maximum absolute atomic E-state index is 12.8. The summed E-state index contributed by atoms with van der Waals surface area (Å²) in [5.41, 5.74) is 4.49. The zero-order valence-electron chi connectivity index (χ0n) is 9.54. The van der Waals surface area contributed by atoms with Crippen LogP contribution in [0.25, 0.3) is 0 Å². The van der Waals surface area contributed by atoms with Crippen LogP contribution in [0.5, 0.6) is 11.5 Å². The third-order valence-electron chi connectivity index (χ3n) is 2.38. The molecule has 0 aromatic heterocycles. The van der Waals surface area contributed by atoms with E-state index < -0.39 is 17.6 Å². The van der Waals surface area contributed by atoms with Crippen LogP contribution in [0.4, 0.5) is 23.2 Å². The van der Waals surface area contributed by atoms with Gasteiger partial charge >= 0.3 is 6.18 Å². The van der Waals surface area contributed by atoms with E-state index in [0.717, 1.165) is 18.2 Å². The third-order valence-corrected chi connectivity index (χ3v) is 2.38. The number of anilines is 1. The SMILES string of the molecule is Nc1cc(F)ccc1Oc1ccccc1C(F)(F)F. The molecule has 0 amide bonds. The van der Waals surface area contributed by atoms with Crippen LogP contribution in [0.3, 0.4) is 0 Å². The Kier molecular flexibility index (Phi) is 3.33. The number of benzene rings is 2. The average molecular weight is 271 g/mol. The number of ether oxygens (including phenoxy) is 1. The molecule has 100 valence electrons. The van der Waals surface area contributed by atoms with E-state index in [9.17, 15) is 17.6 Å². The first-order valence-corrected chi connectivity index (χ1v) is 5.27. The first-order chi connectivity index (χ1) is 8.88. The van der Waals surface area contributed by atoms with Gasteiger partial charge in [0.05, 0.1) is 11.3 Å². The second-order valence-corrected chi connectivity index (χ2v) is 3.78. The fourth-order valence-corrected chi connectivity index (χ4v) is 1.52. The Morgan fingerprint density at radius 3 is 2.26 bits per heavy atom. The second kappa shape index (κ2) is 4.79. The van der Waals surface area contributed by atoms with Crippen molar-refractivity contribution < 1.29 is 22.3 Å². The molecule has 0 bridgehead atoms. The maximum atomic E-state index is 12.8. The summed E-state index contributed by atoms with van der Waals surface area (Å²) in [7, 11) is 0. The van der Waals surface area contributed by atoms with Crippen molar-refractivity contribution in [3.8, 4) is 11.5 Å². The number of para-hydroxylation sites is 1. The fourth-order valence-electron chi connectivity index (χ4n) is 1.52. The molecule has 0 saturated carbocycles. The molecule has 2 aromatic carbocycles. The van der Waals surface area contributed by atoms with Gasteiger partial charge in [0.25, 0.3) is 0 Å². The summed E-state index contributed by atoms with van der Waals surface area (Å²) < 4.78 is 56.2. The standard InChI is InChI=1S/C13H9F4NO/c14-8-5-6-12(10(18)7-8)19-11-4-2-1-3-9(11)13(15,16)17/h1-7H,18H2. The summed E-state index contributed by atoms with van der Waals surface area (Å²) in [6.45, 7) is 0. The Hall–Kier alpha value is -2.24. The van der Waals surface area contributed by atoms with Crippen molar-refractivity contribution in [2.75, 3.05) is 5.73 Å². The smallest absolute Gasteiger partial charge is 0.419 e. The lowest BCUT2D eigenvalue weighted by Gasteiger charge is -2.14. The molecule has 0 fully saturated rings. The van der Waals surface area contributed by atoms with Crippen LogP contribution in [0.1, 0.15) is 5.56 Å². The number of hydrogen-bond acceptors (Lipinski definition) is 2. The summed E-state index contributed by atoms with van der Waals surface area (Å²) in [6, 6.07) is 7.94. The van der Waals surface area contributed by atoms with Crippen LogP contribution >= 0.6 is 0 Å². The first-order valence-electron chi connectivity index (χ1n) is 5.27. The van der Waals surface area contributed by atoms with E-state index in [-0.39, 0.29) is 17.2 Å². The highest BCUT2D eigenvalue weighted by Gasteiger charge is 2.34. The largest absolute Gasteiger partial charge is 0.455 e. The molecular formula is C13H9F4NO. The lowest BCUT2D eigenvalue weighted by Crippen LogP contribution is -2.07. The Bertz CT molecular complexity index is 595. The van der Waals surface area contributed by atoms with Gasteiger partial charge in [-0.25, -0.2) is 4.39 Å². The van der Waals surface area contributed by atoms with Crippen molar-refractivity contribution in [1.29, 1.82) is 0 Å². The minimum absolute atomic E-state index is 0.0295. The van der Waals surface area contributed by atoms with Gasteiger partial charge < -0.3 is 10.5 Å². The molecule has 2 rings (SSSR count). The highest BCUT2D eigenvalue weighted by atomic mass is 19.4. The normalized spacial score (nSPS) is 11.4. The number of halogens is 4. The molecule has 0 radical (unpaired) electrons. The molecule has 0 aliphatic rings. The number of nitrogens with two attached hydrogens (primary N) is 1. The summed E-state index contributed by atoms with van der Waals surface area (Å²) >= 11 is 0. The molecular weight excluding hydrogens is 262 g/mol. The molecule has 6 heteroatoms. The van der Waals surface area contributed by atoms with Crippen molar-refractivity contribution >= 4 is 5.69 Å². The Balaban J connectivity index is 2.39. The van der Waals surface area contributed by atoms with E-state index in [2.05, 4.69) is 0 Å². The topological polar surface area (TPSA) is 35.2 Å². The average Bonchev–Trinajstić information content (AvgIpc) is 2.32. The summed E-state index contributed by atoms with van der Waals surface area (Å²) in [6.07, 6.45) is -4.54. The van der Waals surface area contributed by atoms with Crippen molar-refractivity contribution in [3.63, 3.8) is 0 Å². The van der Waals surface area contributed by atoms with Gasteiger partial charge in [0, 0.05) is 6.07 Å². The molecule has 0 aliphatic heterocycles. The van der Waals surface area contributed by atoms with Gasteiger partial charge in [0.2, 0.25) is 0 Å². The quantitative estimate of drug-likeness (QED) is 0.655.